The van der Waals surface area contributed by atoms with Crippen molar-refractivity contribution in [3.05, 3.63) is 88.1 Å². The van der Waals surface area contributed by atoms with E-state index in [9.17, 15) is 9.18 Å². The summed E-state index contributed by atoms with van der Waals surface area (Å²) in [6, 6.07) is 17.9. The van der Waals surface area contributed by atoms with E-state index in [0.29, 0.717) is 31.5 Å². The van der Waals surface area contributed by atoms with Gasteiger partial charge in [0.15, 0.2) is 0 Å². The van der Waals surface area contributed by atoms with Gasteiger partial charge in [-0.25, -0.2) is 9.37 Å². The van der Waals surface area contributed by atoms with Crippen LogP contribution in [-0.2, 0) is 0 Å². The molecule has 3 aromatic heterocycles. The van der Waals surface area contributed by atoms with Crippen LogP contribution in [0.4, 0.5) is 10.2 Å². The Morgan fingerprint density at radius 2 is 1.93 bits per heavy atom. The molecule has 0 aliphatic carbocycles. The second-order valence-electron chi connectivity index (χ2n) is 6.90. The quantitative estimate of drug-likeness (QED) is 0.348. The molecule has 0 aliphatic rings. The summed E-state index contributed by atoms with van der Waals surface area (Å²) in [4.78, 5) is 18.3. The van der Waals surface area contributed by atoms with Gasteiger partial charge in [-0.05, 0) is 36.8 Å². The third-order valence-electron chi connectivity index (χ3n) is 4.92. The molecule has 0 saturated heterocycles. The monoisotopic (exact) mass is 435 g/mol. The Hall–Kier alpha value is -3.22. The van der Waals surface area contributed by atoms with E-state index in [-0.39, 0.29) is 11.7 Å². The summed E-state index contributed by atoms with van der Waals surface area (Å²) in [6.07, 6.45) is 1.86. The van der Waals surface area contributed by atoms with Crippen molar-refractivity contribution in [3.63, 3.8) is 0 Å². The van der Waals surface area contributed by atoms with Crippen LogP contribution >= 0.6 is 22.9 Å². The van der Waals surface area contributed by atoms with Crippen molar-refractivity contribution in [2.75, 3.05) is 5.32 Å². The fraction of sp³-hybridized carbons (Fsp3) is 0.0435. The van der Waals surface area contributed by atoms with E-state index in [1.54, 1.807) is 6.07 Å². The van der Waals surface area contributed by atoms with Gasteiger partial charge in [-0.2, -0.15) is 0 Å². The molecule has 148 valence electrons. The average Bonchev–Trinajstić information content (AvgIpc) is 3.27. The Labute approximate surface area is 180 Å². The van der Waals surface area contributed by atoms with Crippen molar-refractivity contribution >= 4 is 50.4 Å². The molecule has 0 saturated carbocycles. The highest BCUT2D eigenvalue weighted by Crippen LogP contribution is 2.37. The minimum Gasteiger partial charge on any atom is -0.305 e. The summed E-state index contributed by atoms with van der Waals surface area (Å²) >= 11 is 7.61. The number of halogens is 2. The molecule has 7 heteroatoms. The lowest BCUT2D eigenvalue weighted by molar-refractivity contribution is 0.103. The van der Waals surface area contributed by atoms with Crippen LogP contribution in [0.1, 0.15) is 15.2 Å². The van der Waals surface area contributed by atoms with Crippen LogP contribution in [0.15, 0.2) is 66.9 Å². The highest BCUT2D eigenvalue weighted by Gasteiger charge is 2.22. The first kappa shape index (κ1) is 18.8. The third-order valence-corrected chi connectivity index (χ3v) is 6.58. The van der Waals surface area contributed by atoms with E-state index in [4.69, 9.17) is 16.6 Å². The van der Waals surface area contributed by atoms with Crippen molar-refractivity contribution in [1.29, 1.82) is 0 Å². The van der Waals surface area contributed by atoms with Gasteiger partial charge in [0.05, 0.1) is 5.02 Å². The van der Waals surface area contributed by atoms with E-state index in [2.05, 4.69) is 5.32 Å². The number of aryl methyl sites for hydroxylation is 1. The Kier molecular flexibility index (Phi) is 4.53. The number of hydrogen-bond donors (Lipinski definition) is 1. The maximum absolute atomic E-state index is 13.6. The standard InChI is InChI=1S/C23H15ClFN3OS/c1-13-6-5-11-28-21(13)26-19(14-7-3-2-4-8-14)22(28)27-23(29)20-18(24)16-10-9-15(25)12-17(16)30-20/h2-12H,1H3,(H,27,29). The molecule has 3 heterocycles. The lowest BCUT2D eigenvalue weighted by Gasteiger charge is -2.07. The van der Waals surface area contributed by atoms with Gasteiger partial charge in [0, 0.05) is 21.8 Å². The number of nitrogens with zero attached hydrogens (tertiary/aromatic N) is 2. The molecule has 1 N–H and O–H groups in total. The number of hydrogen-bond acceptors (Lipinski definition) is 3. The van der Waals surface area contributed by atoms with E-state index < -0.39 is 0 Å². The molecule has 0 spiro atoms. The number of aromatic nitrogens is 2. The minimum absolute atomic E-state index is 0.318. The Morgan fingerprint density at radius 1 is 1.13 bits per heavy atom. The van der Waals surface area contributed by atoms with Gasteiger partial charge in [-0.3, -0.25) is 9.20 Å². The highest BCUT2D eigenvalue weighted by atomic mass is 35.5. The van der Waals surface area contributed by atoms with Crippen molar-refractivity contribution in [2.24, 2.45) is 0 Å². The molecule has 1 amide bonds. The van der Waals surface area contributed by atoms with Crippen molar-refractivity contribution in [2.45, 2.75) is 6.92 Å². The van der Waals surface area contributed by atoms with Crippen molar-refractivity contribution < 1.29 is 9.18 Å². The van der Waals surface area contributed by atoms with Crippen LogP contribution in [0.25, 0.3) is 27.0 Å². The van der Waals surface area contributed by atoms with Crippen LogP contribution in [-0.4, -0.2) is 15.3 Å². The summed E-state index contributed by atoms with van der Waals surface area (Å²) in [5.41, 5.74) is 3.31. The predicted octanol–water partition coefficient (Wildman–Crippen LogP) is 6.57. The largest absolute Gasteiger partial charge is 0.305 e. The molecule has 0 fully saturated rings. The number of benzene rings is 2. The lowest BCUT2D eigenvalue weighted by Crippen LogP contribution is -2.13. The van der Waals surface area contributed by atoms with E-state index >= 15 is 0 Å². The van der Waals surface area contributed by atoms with E-state index in [0.717, 1.165) is 28.1 Å². The van der Waals surface area contributed by atoms with Crippen molar-refractivity contribution in [1.82, 2.24) is 9.38 Å². The van der Waals surface area contributed by atoms with Crippen molar-refractivity contribution in [3.8, 4) is 11.3 Å². The lowest BCUT2D eigenvalue weighted by atomic mass is 10.1. The summed E-state index contributed by atoms with van der Waals surface area (Å²) in [6.45, 7) is 1.97. The Bertz CT molecular complexity index is 1430. The number of imidazole rings is 1. The molecule has 30 heavy (non-hydrogen) atoms. The van der Waals surface area contributed by atoms with Crippen LogP contribution in [0.2, 0.25) is 5.02 Å². The minimum atomic E-state index is -0.365. The molecule has 4 nitrogen and oxygen atoms in total. The number of pyridine rings is 1. The Balaban J connectivity index is 1.64. The first-order chi connectivity index (χ1) is 14.5. The molecule has 0 bridgehead atoms. The topological polar surface area (TPSA) is 46.4 Å². The molecule has 0 unspecified atom stereocenters. The molecule has 0 radical (unpaired) electrons. The fourth-order valence-electron chi connectivity index (χ4n) is 3.47. The normalized spacial score (nSPS) is 11.3. The number of carbonyl (C=O) groups excluding carboxylic acids is 1. The molecule has 2 aromatic carbocycles. The second kappa shape index (κ2) is 7.23. The summed E-state index contributed by atoms with van der Waals surface area (Å²) < 4.78 is 16.1. The van der Waals surface area contributed by atoms with Crippen LogP contribution in [0.5, 0.6) is 0 Å². The van der Waals surface area contributed by atoms with Gasteiger partial charge in [0.25, 0.3) is 5.91 Å². The molecule has 5 rings (SSSR count). The number of carbonyl (C=O) groups is 1. The fourth-order valence-corrected chi connectivity index (χ4v) is 4.91. The van der Waals surface area contributed by atoms with Crippen LogP contribution < -0.4 is 5.32 Å². The summed E-state index contributed by atoms with van der Waals surface area (Å²) in [7, 11) is 0. The number of amides is 1. The maximum atomic E-state index is 13.6. The van der Waals surface area contributed by atoms with Crippen LogP contribution in [0.3, 0.4) is 0 Å². The molecular weight excluding hydrogens is 421 g/mol. The molecular formula is C23H15ClFN3OS. The molecule has 0 aliphatic heterocycles. The average molecular weight is 436 g/mol. The third kappa shape index (κ3) is 3.05. The maximum Gasteiger partial charge on any atom is 0.268 e. The zero-order valence-corrected chi connectivity index (χ0v) is 17.4. The van der Waals surface area contributed by atoms with Gasteiger partial charge in [0.1, 0.15) is 27.9 Å². The number of fused-ring (bicyclic) bond motifs is 2. The van der Waals surface area contributed by atoms with Gasteiger partial charge >= 0.3 is 0 Å². The summed E-state index contributed by atoms with van der Waals surface area (Å²) in [5, 5.41) is 3.96. The molecule has 0 atom stereocenters. The molecule has 5 aromatic rings. The second-order valence-corrected chi connectivity index (χ2v) is 8.33. The Morgan fingerprint density at radius 3 is 2.73 bits per heavy atom. The SMILES string of the molecule is Cc1cccn2c(NC(=O)c3sc4cc(F)ccc4c3Cl)c(-c3ccccc3)nc12. The van der Waals surface area contributed by atoms with E-state index in [1.807, 2.05) is 60.0 Å². The first-order valence-electron chi connectivity index (χ1n) is 9.25. The smallest absolute Gasteiger partial charge is 0.268 e. The number of rotatable bonds is 3. The van der Waals surface area contributed by atoms with Gasteiger partial charge in [-0.1, -0.05) is 48.0 Å². The highest BCUT2D eigenvalue weighted by molar-refractivity contribution is 7.21. The predicted molar refractivity (Wildman–Crippen MR) is 120 cm³/mol. The number of nitrogens with one attached hydrogen (secondary N) is 1. The zero-order chi connectivity index (χ0) is 20.8. The van der Waals surface area contributed by atoms with E-state index in [1.165, 1.54) is 12.1 Å². The van der Waals surface area contributed by atoms with Gasteiger partial charge in [-0.15, -0.1) is 11.3 Å². The first-order valence-corrected chi connectivity index (χ1v) is 10.4. The number of thiophene rings is 1. The zero-order valence-electron chi connectivity index (χ0n) is 15.8. The number of anilines is 1. The van der Waals surface area contributed by atoms with Crippen LogP contribution in [0, 0.1) is 12.7 Å². The van der Waals surface area contributed by atoms with Gasteiger partial charge in [0.2, 0.25) is 0 Å². The van der Waals surface area contributed by atoms with Gasteiger partial charge < -0.3 is 5.32 Å². The summed E-state index contributed by atoms with van der Waals surface area (Å²) in [5.74, 6) is -0.164.